The zero-order chi connectivity index (χ0) is 11.6. The van der Waals surface area contributed by atoms with Crippen LogP contribution in [0.15, 0.2) is 0 Å². The van der Waals surface area contributed by atoms with Gasteiger partial charge in [0.05, 0.1) is 5.54 Å². The number of hydrogen-bond donors (Lipinski definition) is 0. The van der Waals surface area contributed by atoms with E-state index >= 15 is 0 Å². The molecule has 0 amide bonds. The molecule has 0 N–H and O–H groups in total. The molecule has 1 fully saturated rings. The van der Waals surface area contributed by atoms with Crippen LogP contribution in [0.3, 0.4) is 0 Å². The number of carbonyl (C=O) groups is 1. The maximum absolute atomic E-state index is 12.3. The SMILES string of the molecule is CC1CCC(C(=O)C(C)C)(N(C)C)CC1. The Labute approximate surface area is 94.0 Å². The smallest absolute Gasteiger partial charge is 0.155 e. The molecule has 2 heteroatoms. The van der Waals surface area contributed by atoms with E-state index in [1.165, 1.54) is 12.8 Å². The normalized spacial score (nSPS) is 32.3. The third-order valence-electron chi connectivity index (χ3n) is 3.94. The molecule has 1 saturated carbocycles. The summed E-state index contributed by atoms with van der Waals surface area (Å²) in [5.74, 6) is 1.37. The van der Waals surface area contributed by atoms with Gasteiger partial charge in [0.1, 0.15) is 0 Å². The highest BCUT2D eigenvalue weighted by atomic mass is 16.1. The van der Waals surface area contributed by atoms with Crippen molar-refractivity contribution in [1.29, 1.82) is 0 Å². The van der Waals surface area contributed by atoms with Crippen molar-refractivity contribution < 1.29 is 4.79 Å². The van der Waals surface area contributed by atoms with Crippen molar-refractivity contribution in [2.24, 2.45) is 11.8 Å². The maximum Gasteiger partial charge on any atom is 0.155 e. The fourth-order valence-corrected chi connectivity index (χ4v) is 2.69. The van der Waals surface area contributed by atoms with Crippen LogP contribution in [0.2, 0.25) is 0 Å². The van der Waals surface area contributed by atoms with Gasteiger partial charge in [-0.25, -0.2) is 0 Å². The summed E-state index contributed by atoms with van der Waals surface area (Å²) in [7, 11) is 4.10. The van der Waals surface area contributed by atoms with Gasteiger partial charge in [0.15, 0.2) is 5.78 Å². The molecule has 0 atom stereocenters. The second-order valence-electron chi connectivity index (χ2n) is 5.63. The Morgan fingerprint density at radius 2 is 1.73 bits per heavy atom. The van der Waals surface area contributed by atoms with Gasteiger partial charge >= 0.3 is 0 Å². The summed E-state index contributed by atoms with van der Waals surface area (Å²) in [5.41, 5.74) is -0.166. The van der Waals surface area contributed by atoms with Crippen LogP contribution in [0.25, 0.3) is 0 Å². The summed E-state index contributed by atoms with van der Waals surface area (Å²) in [6, 6.07) is 0. The summed E-state index contributed by atoms with van der Waals surface area (Å²) in [5, 5.41) is 0. The Morgan fingerprint density at radius 1 is 1.27 bits per heavy atom. The van der Waals surface area contributed by atoms with Gasteiger partial charge in [-0.2, -0.15) is 0 Å². The van der Waals surface area contributed by atoms with Crippen LogP contribution in [0, 0.1) is 11.8 Å². The molecular weight excluding hydrogens is 186 g/mol. The van der Waals surface area contributed by atoms with Gasteiger partial charge in [0, 0.05) is 5.92 Å². The van der Waals surface area contributed by atoms with Crippen LogP contribution >= 0.6 is 0 Å². The predicted octanol–water partition coefficient (Wildman–Crippen LogP) is 2.72. The Kier molecular flexibility index (Phi) is 3.93. The highest BCUT2D eigenvalue weighted by molar-refractivity contribution is 5.90. The molecular formula is C13H25NO. The van der Waals surface area contributed by atoms with Gasteiger partial charge in [0.2, 0.25) is 0 Å². The van der Waals surface area contributed by atoms with Crippen molar-refractivity contribution in [2.45, 2.75) is 52.0 Å². The first-order valence-corrected chi connectivity index (χ1v) is 6.12. The lowest BCUT2D eigenvalue weighted by atomic mass is 9.71. The van der Waals surface area contributed by atoms with Crippen LogP contribution in [0.5, 0.6) is 0 Å². The molecule has 0 saturated heterocycles. The van der Waals surface area contributed by atoms with E-state index in [0.717, 1.165) is 18.8 Å². The zero-order valence-electron chi connectivity index (χ0n) is 10.8. The zero-order valence-corrected chi connectivity index (χ0v) is 10.8. The lowest BCUT2D eigenvalue weighted by Crippen LogP contribution is -2.54. The summed E-state index contributed by atoms with van der Waals surface area (Å²) >= 11 is 0. The molecule has 0 unspecified atom stereocenters. The van der Waals surface area contributed by atoms with Crippen LogP contribution in [-0.4, -0.2) is 30.3 Å². The number of rotatable bonds is 3. The third kappa shape index (κ3) is 2.41. The summed E-state index contributed by atoms with van der Waals surface area (Å²) in [4.78, 5) is 14.5. The van der Waals surface area contributed by atoms with Gasteiger partial charge < -0.3 is 0 Å². The average Bonchev–Trinajstić information content (AvgIpc) is 2.17. The minimum atomic E-state index is -0.166. The van der Waals surface area contributed by atoms with Crippen LogP contribution in [0.4, 0.5) is 0 Å². The maximum atomic E-state index is 12.3. The van der Waals surface area contributed by atoms with Gasteiger partial charge in [0.25, 0.3) is 0 Å². The molecule has 1 aliphatic rings. The Morgan fingerprint density at radius 3 is 2.07 bits per heavy atom. The molecule has 0 spiro atoms. The van der Waals surface area contributed by atoms with E-state index in [0.29, 0.717) is 5.78 Å². The van der Waals surface area contributed by atoms with Crippen molar-refractivity contribution in [3.05, 3.63) is 0 Å². The Bertz CT molecular complexity index is 225. The molecule has 1 aliphatic carbocycles. The molecule has 0 aromatic heterocycles. The van der Waals surface area contributed by atoms with Crippen LogP contribution in [0.1, 0.15) is 46.5 Å². The Balaban J connectivity index is 2.85. The van der Waals surface area contributed by atoms with Crippen LogP contribution in [-0.2, 0) is 4.79 Å². The lowest BCUT2D eigenvalue weighted by molar-refractivity contribution is -0.135. The summed E-state index contributed by atoms with van der Waals surface area (Å²) in [6.07, 6.45) is 4.46. The molecule has 0 aromatic carbocycles. The van der Waals surface area contributed by atoms with E-state index in [1.807, 2.05) is 13.8 Å². The van der Waals surface area contributed by atoms with Crippen molar-refractivity contribution in [3.63, 3.8) is 0 Å². The van der Waals surface area contributed by atoms with Gasteiger partial charge in [-0.1, -0.05) is 20.8 Å². The number of nitrogens with zero attached hydrogens (tertiary/aromatic N) is 1. The van der Waals surface area contributed by atoms with Crippen molar-refractivity contribution >= 4 is 5.78 Å². The third-order valence-corrected chi connectivity index (χ3v) is 3.94. The summed E-state index contributed by atoms with van der Waals surface area (Å²) in [6.45, 7) is 6.33. The first-order chi connectivity index (χ1) is 6.90. The van der Waals surface area contributed by atoms with Crippen molar-refractivity contribution in [3.8, 4) is 0 Å². The Hall–Kier alpha value is -0.370. The minimum Gasteiger partial charge on any atom is -0.297 e. The largest absolute Gasteiger partial charge is 0.297 e. The van der Waals surface area contributed by atoms with E-state index in [2.05, 4.69) is 25.9 Å². The molecule has 88 valence electrons. The predicted molar refractivity (Wildman–Crippen MR) is 63.9 cm³/mol. The molecule has 2 nitrogen and oxygen atoms in total. The number of hydrogen-bond acceptors (Lipinski definition) is 2. The summed E-state index contributed by atoms with van der Waals surface area (Å²) < 4.78 is 0. The number of likely N-dealkylation sites (N-methyl/N-ethyl adjacent to an activating group) is 1. The first kappa shape index (κ1) is 12.7. The van der Waals surface area contributed by atoms with Crippen molar-refractivity contribution in [1.82, 2.24) is 4.90 Å². The topological polar surface area (TPSA) is 20.3 Å². The molecule has 0 bridgehead atoms. The molecule has 1 rings (SSSR count). The second-order valence-corrected chi connectivity index (χ2v) is 5.63. The standard InChI is InChI=1S/C13H25NO/c1-10(2)12(15)13(14(4)5)8-6-11(3)7-9-13/h10-11H,6-9H2,1-5H3. The van der Waals surface area contributed by atoms with E-state index in [4.69, 9.17) is 0 Å². The van der Waals surface area contributed by atoms with E-state index < -0.39 is 0 Å². The number of Topliss-reactive ketones (excluding diaryl/α,β-unsaturated/α-hetero) is 1. The average molecular weight is 211 g/mol. The van der Waals surface area contributed by atoms with Crippen LogP contribution < -0.4 is 0 Å². The van der Waals surface area contributed by atoms with E-state index in [-0.39, 0.29) is 11.5 Å². The highest BCUT2D eigenvalue weighted by Crippen LogP contribution is 2.37. The van der Waals surface area contributed by atoms with Crippen molar-refractivity contribution in [2.75, 3.05) is 14.1 Å². The molecule has 0 aromatic rings. The molecule has 0 aliphatic heterocycles. The fraction of sp³-hybridized carbons (Fsp3) is 0.923. The molecule has 0 heterocycles. The quantitative estimate of drug-likeness (QED) is 0.715. The monoisotopic (exact) mass is 211 g/mol. The number of carbonyl (C=O) groups excluding carboxylic acids is 1. The molecule has 0 radical (unpaired) electrons. The van der Waals surface area contributed by atoms with Gasteiger partial charge in [-0.15, -0.1) is 0 Å². The fourth-order valence-electron chi connectivity index (χ4n) is 2.69. The van der Waals surface area contributed by atoms with Gasteiger partial charge in [-0.05, 0) is 45.7 Å². The van der Waals surface area contributed by atoms with Gasteiger partial charge in [-0.3, -0.25) is 9.69 Å². The second kappa shape index (κ2) is 4.65. The van der Waals surface area contributed by atoms with E-state index in [1.54, 1.807) is 0 Å². The minimum absolute atomic E-state index is 0.154. The lowest BCUT2D eigenvalue weighted by Gasteiger charge is -2.44. The van der Waals surface area contributed by atoms with E-state index in [9.17, 15) is 4.79 Å². The first-order valence-electron chi connectivity index (χ1n) is 6.12. The molecule has 15 heavy (non-hydrogen) atoms. The number of ketones is 1. The highest BCUT2D eigenvalue weighted by Gasteiger charge is 2.43.